The molecule has 0 unspecified atom stereocenters. The number of hydrogen-bond donors (Lipinski definition) is 0. The molecule has 0 bridgehead atoms. The molecule has 11 heavy (non-hydrogen) atoms. The fourth-order valence-electron chi connectivity index (χ4n) is 0.452. The van der Waals surface area contributed by atoms with Crippen molar-refractivity contribution >= 4 is 6.09 Å². The number of rotatable bonds is 4. The summed E-state index contributed by atoms with van der Waals surface area (Å²) in [4.78, 5) is 12.0. The zero-order chi connectivity index (χ0) is 8.69. The third kappa shape index (κ3) is 4.19. The average molecular weight is 154 g/mol. The molecule has 1 radical (unpaired) electrons. The van der Waals surface area contributed by atoms with Gasteiger partial charge >= 0.3 is 6.09 Å². The van der Waals surface area contributed by atoms with Crippen molar-refractivity contribution in [3.05, 3.63) is 32.4 Å². The van der Waals surface area contributed by atoms with Crippen LogP contribution in [-0.2, 0) is 4.74 Å². The highest BCUT2D eigenvalue weighted by atomic mass is 16.6. The van der Waals surface area contributed by atoms with Crippen molar-refractivity contribution in [2.45, 2.75) is 0 Å². The molecule has 0 aliphatic heterocycles. The van der Waals surface area contributed by atoms with Gasteiger partial charge in [0.05, 0.1) is 0 Å². The molecule has 61 valence electrons. The third-order valence-corrected chi connectivity index (χ3v) is 0.932. The summed E-state index contributed by atoms with van der Waals surface area (Å²) in [6.07, 6.45) is 2.60. The van der Waals surface area contributed by atoms with Gasteiger partial charge in [0.2, 0.25) is 0 Å². The lowest BCUT2D eigenvalue weighted by atomic mass is 10.6. The number of ether oxygens (including phenoxy) is 1. The first-order valence-electron chi connectivity index (χ1n) is 3.19. The second kappa shape index (κ2) is 5.53. The Labute approximate surface area is 66.9 Å². The first-order chi connectivity index (χ1) is 5.22. The molecule has 0 aromatic carbocycles. The number of nitrogens with zero attached hydrogens (tertiary/aromatic N) is 1. The quantitative estimate of drug-likeness (QED) is 0.575. The van der Waals surface area contributed by atoms with E-state index < -0.39 is 6.09 Å². The molecule has 0 atom stereocenters. The van der Waals surface area contributed by atoms with Crippen LogP contribution in [0, 0.1) is 7.05 Å². The lowest BCUT2D eigenvalue weighted by Gasteiger charge is -2.12. The van der Waals surface area contributed by atoms with E-state index in [4.69, 9.17) is 0 Å². The van der Waals surface area contributed by atoms with Crippen molar-refractivity contribution in [1.82, 2.24) is 4.90 Å². The van der Waals surface area contributed by atoms with Crippen molar-refractivity contribution in [2.75, 3.05) is 13.2 Å². The number of hydrogen-bond acceptors (Lipinski definition) is 2. The van der Waals surface area contributed by atoms with E-state index in [1.54, 1.807) is 6.08 Å². The van der Waals surface area contributed by atoms with Gasteiger partial charge in [0.25, 0.3) is 0 Å². The van der Waals surface area contributed by atoms with Gasteiger partial charge in [0.1, 0.15) is 6.61 Å². The molecule has 3 heteroatoms. The summed E-state index contributed by atoms with van der Waals surface area (Å²) < 4.78 is 4.66. The Morgan fingerprint density at radius 2 is 2.09 bits per heavy atom. The highest BCUT2D eigenvalue weighted by Crippen LogP contribution is 1.91. The molecule has 0 fully saturated rings. The van der Waals surface area contributed by atoms with E-state index in [1.807, 2.05) is 0 Å². The predicted molar refractivity (Wildman–Crippen MR) is 43.8 cm³/mol. The van der Waals surface area contributed by atoms with E-state index in [-0.39, 0.29) is 6.61 Å². The zero-order valence-electron chi connectivity index (χ0n) is 6.45. The Balaban J connectivity index is 3.62. The average Bonchev–Trinajstić information content (AvgIpc) is 2.00. The number of carbonyl (C=O) groups is 1. The maximum atomic E-state index is 10.8. The van der Waals surface area contributed by atoms with Crippen molar-refractivity contribution in [1.29, 1.82) is 0 Å². The second-order valence-electron chi connectivity index (χ2n) is 1.88. The normalized spacial score (nSPS) is 8.45. The maximum absolute atomic E-state index is 10.8. The van der Waals surface area contributed by atoms with Crippen molar-refractivity contribution in [2.24, 2.45) is 0 Å². The Hall–Kier alpha value is -1.25. The molecule has 0 heterocycles. The molecular formula is C8H12NO2. The molecule has 0 aliphatic carbocycles. The van der Waals surface area contributed by atoms with Crippen LogP contribution in [0.4, 0.5) is 4.79 Å². The summed E-state index contributed by atoms with van der Waals surface area (Å²) in [5.74, 6) is 0. The van der Waals surface area contributed by atoms with Crippen LogP contribution in [0.2, 0.25) is 0 Å². The minimum absolute atomic E-state index is 0.210. The van der Waals surface area contributed by atoms with Crippen LogP contribution in [0.5, 0.6) is 0 Å². The van der Waals surface area contributed by atoms with E-state index in [9.17, 15) is 4.79 Å². The fourth-order valence-corrected chi connectivity index (χ4v) is 0.452. The topological polar surface area (TPSA) is 29.5 Å². The first-order valence-corrected chi connectivity index (χ1v) is 3.19. The summed E-state index contributed by atoms with van der Waals surface area (Å²) in [6.45, 7) is 7.45. The smallest absolute Gasteiger partial charge is 0.410 e. The molecule has 0 saturated heterocycles. The van der Waals surface area contributed by atoms with E-state index in [2.05, 4.69) is 24.9 Å². The van der Waals surface area contributed by atoms with Gasteiger partial charge in [-0.1, -0.05) is 18.7 Å². The molecule has 0 rings (SSSR count). The van der Waals surface area contributed by atoms with Crippen LogP contribution in [0.15, 0.2) is 25.3 Å². The molecule has 0 aliphatic rings. The molecule has 1 amide bonds. The van der Waals surface area contributed by atoms with Crippen LogP contribution < -0.4 is 0 Å². The minimum atomic E-state index is -0.468. The van der Waals surface area contributed by atoms with E-state index in [0.717, 1.165) is 0 Å². The summed E-state index contributed by atoms with van der Waals surface area (Å²) in [5.41, 5.74) is 0. The molecule has 0 N–H and O–H groups in total. The Morgan fingerprint density at radius 1 is 1.45 bits per heavy atom. The number of carbonyl (C=O) groups excluding carboxylic acids is 1. The highest BCUT2D eigenvalue weighted by Gasteiger charge is 2.05. The zero-order valence-corrected chi connectivity index (χ0v) is 6.45. The summed E-state index contributed by atoms with van der Waals surface area (Å²) in [7, 11) is 3.43. The fraction of sp³-hybridized carbons (Fsp3) is 0.250. The maximum Gasteiger partial charge on any atom is 0.410 e. The highest BCUT2D eigenvalue weighted by molar-refractivity contribution is 5.68. The van der Waals surface area contributed by atoms with E-state index in [0.29, 0.717) is 6.54 Å². The van der Waals surface area contributed by atoms with Crippen molar-refractivity contribution < 1.29 is 9.53 Å². The molecule has 0 aromatic heterocycles. The van der Waals surface area contributed by atoms with E-state index in [1.165, 1.54) is 11.0 Å². The molecule has 0 saturated carbocycles. The number of amides is 1. The largest absolute Gasteiger partial charge is 0.445 e. The lowest BCUT2D eigenvalue weighted by Crippen LogP contribution is -2.25. The minimum Gasteiger partial charge on any atom is -0.445 e. The van der Waals surface area contributed by atoms with Gasteiger partial charge < -0.3 is 9.64 Å². The SMILES string of the molecule is [CH2]N(CC=C)C(=O)OCC=C. The van der Waals surface area contributed by atoms with Gasteiger partial charge in [-0.3, -0.25) is 0 Å². The Bertz CT molecular complexity index is 154. The Kier molecular flexibility index (Phi) is 4.90. The Morgan fingerprint density at radius 3 is 2.55 bits per heavy atom. The monoisotopic (exact) mass is 154 g/mol. The van der Waals surface area contributed by atoms with E-state index >= 15 is 0 Å². The van der Waals surface area contributed by atoms with Crippen LogP contribution in [0.25, 0.3) is 0 Å². The summed E-state index contributed by atoms with van der Waals surface area (Å²) >= 11 is 0. The lowest BCUT2D eigenvalue weighted by molar-refractivity contribution is 0.130. The molecule has 0 aromatic rings. The first kappa shape index (κ1) is 9.75. The van der Waals surface area contributed by atoms with Gasteiger partial charge in [-0.05, 0) is 0 Å². The summed E-state index contributed by atoms with van der Waals surface area (Å²) in [5, 5.41) is 0. The van der Waals surface area contributed by atoms with Crippen LogP contribution in [0.3, 0.4) is 0 Å². The van der Waals surface area contributed by atoms with Gasteiger partial charge in [-0.25, -0.2) is 4.79 Å². The van der Waals surface area contributed by atoms with Crippen LogP contribution in [-0.4, -0.2) is 24.1 Å². The summed E-state index contributed by atoms with van der Waals surface area (Å²) in [6, 6.07) is 0. The van der Waals surface area contributed by atoms with Gasteiger partial charge in [-0.15, -0.1) is 6.58 Å². The van der Waals surface area contributed by atoms with Gasteiger partial charge in [0.15, 0.2) is 0 Å². The van der Waals surface area contributed by atoms with Gasteiger partial charge in [-0.2, -0.15) is 0 Å². The van der Waals surface area contributed by atoms with Crippen molar-refractivity contribution in [3.63, 3.8) is 0 Å². The molecule has 0 spiro atoms. The second-order valence-corrected chi connectivity index (χ2v) is 1.88. The van der Waals surface area contributed by atoms with Crippen LogP contribution >= 0.6 is 0 Å². The standard InChI is InChI=1S/C8H12NO2/c1-4-6-9(3)8(10)11-7-5-2/h4-5H,1-3,6-7H2. The van der Waals surface area contributed by atoms with Crippen LogP contribution in [0.1, 0.15) is 0 Å². The van der Waals surface area contributed by atoms with Crippen molar-refractivity contribution in [3.8, 4) is 0 Å². The molecular weight excluding hydrogens is 142 g/mol. The van der Waals surface area contributed by atoms with Gasteiger partial charge in [0, 0.05) is 13.6 Å². The predicted octanol–water partition coefficient (Wildman–Crippen LogP) is 1.59. The third-order valence-electron chi connectivity index (χ3n) is 0.932. The molecule has 3 nitrogen and oxygen atoms in total.